The van der Waals surface area contributed by atoms with Crippen molar-refractivity contribution in [3.05, 3.63) is 101 Å². The minimum absolute atomic E-state index is 0.0551. The van der Waals surface area contributed by atoms with Gasteiger partial charge in [-0.05, 0) is 61.2 Å². The maximum absolute atomic E-state index is 12.9. The van der Waals surface area contributed by atoms with E-state index in [4.69, 9.17) is 5.26 Å². The summed E-state index contributed by atoms with van der Waals surface area (Å²) >= 11 is 0. The van der Waals surface area contributed by atoms with Crippen LogP contribution in [-0.2, 0) is 23.9 Å². The van der Waals surface area contributed by atoms with Gasteiger partial charge in [-0.15, -0.1) is 0 Å². The molecule has 6 nitrogen and oxygen atoms in total. The van der Waals surface area contributed by atoms with E-state index in [-0.39, 0.29) is 11.9 Å². The highest BCUT2D eigenvalue weighted by Crippen LogP contribution is 2.31. The molecule has 0 aromatic heterocycles. The van der Waals surface area contributed by atoms with Crippen LogP contribution in [0.2, 0.25) is 0 Å². The fraction of sp³-hybridized carbons (Fsp3) is 0.394. The molecule has 0 bridgehead atoms. The highest BCUT2D eigenvalue weighted by molar-refractivity contribution is 5.79. The lowest BCUT2D eigenvalue weighted by molar-refractivity contribution is -0.137. The number of carbonyl (C=O) groups is 1. The lowest BCUT2D eigenvalue weighted by atomic mass is 10.0. The first-order chi connectivity index (χ1) is 20.2. The summed E-state index contributed by atoms with van der Waals surface area (Å²) in [4.78, 5) is 17.1. The molecular weight excluding hydrogens is 539 g/mol. The normalized spacial score (nSPS) is 18.0. The Bertz CT molecular complexity index is 1320. The predicted molar refractivity (Wildman–Crippen MR) is 159 cm³/mol. The lowest BCUT2D eigenvalue weighted by Gasteiger charge is -2.33. The number of piperidine rings is 1. The average molecular weight is 578 g/mol. The van der Waals surface area contributed by atoms with Crippen LogP contribution in [0.25, 0.3) is 0 Å². The molecule has 2 aliphatic heterocycles. The molecule has 0 saturated carbocycles. The molecule has 0 aliphatic carbocycles. The summed E-state index contributed by atoms with van der Waals surface area (Å²) in [7, 11) is 0. The largest absolute Gasteiger partial charge is 0.416 e. The zero-order valence-electron chi connectivity index (χ0n) is 23.9. The molecule has 222 valence electrons. The molecule has 3 aromatic carbocycles. The molecule has 2 heterocycles. The molecule has 3 aromatic rings. The van der Waals surface area contributed by atoms with E-state index in [1.165, 1.54) is 11.6 Å². The van der Waals surface area contributed by atoms with Crippen LogP contribution in [0.1, 0.15) is 42.0 Å². The second-order valence-electron chi connectivity index (χ2n) is 10.9. The molecule has 42 heavy (non-hydrogen) atoms. The van der Waals surface area contributed by atoms with Crippen LogP contribution < -0.4 is 10.6 Å². The SMILES string of the molecule is C[C@@H]1CN(Cc2ccc(CC(=O)N3CCC(Nc4cccc(C(F)(F)F)c4)CC3)cc2)CCN1.N#Cc1ccccc1. The van der Waals surface area contributed by atoms with Crippen molar-refractivity contribution in [1.29, 1.82) is 5.26 Å². The third-order valence-electron chi connectivity index (χ3n) is 7.55. The average Bonchev–Trinajstić information content (AvgIpc) is 2.99. The molecule has 1 atom stereocenters. The number of alkyl halides is 3. The number of amides is 1. The van der Waals surface area contributed by atoms with E-state index in [9.17, 15) is 18.0 Å². The van der Waals surface area contributed by atoms with Crippen molar-refractivity contribution in [3.63, 3.8) is 0 Å². The van der Waals surface area contributed by atoms with E-state index in [0.717, 1.165) is 43.9 Å². The van der Waals surface area contributed by atoms with Gasteiger partial charge in [0, 0.05) is 57.0 Å². The van der Waals surface area contributed by atoms with Gasteiger partial charge < -0.3 is 15.5 Å². The highest BCUT2D eigenvalue weighted by atomic mass is 19.4. The number of benzene rings is 3. The predicted octanol–water partition coefficient (Wildman–Crippen LogP) is 5.70. The Balaban J connectivity index is 0.000000437. The third kappa shape index (κ3) is 9.61. The topological polar surface area (TPSA) is 71.4 Å². The van der Waals surface area contributed by atoms with E-state index in [2.05, 4.69) is 34.6 Å². The van der Waals surface area contributed by atoms with Gasteiger partial charge in [0.25, 0.3) is 0 Å². The van der Waals surface area contributed by atoms with Crippen LogP contribution in [0, 0.1) is 11.3 Å². The number of anilines is 1. The molecule has 0 radical (unpaired) electrons. The number of carbonyl (C=O) groups excluding carboxylic acids is 1. The number of hydrogen-bond donors (Lipinski definition) is 2. The maximum Gasteiger partial charge on any atom is 0.416 e. The molecule has 5 rings (SSSR count). The number of piperazine rings is 1. The zero-order chi connectivity index (χ0) is 30.0. The molecule has 0 unspecified atom stereocenters. The van der Waals surface area contributed by atoms with Crippen LogP contribution in [0.15, 0.2) is 78.9 Å². The number of nitriles is 1. The molecule has 9 heteroatoms. The van der Waals surface area contributed by atoms with Crippen molar-refractivity contribution in [2.24, 2.45) is 0 Å². The fourth-order valence-electron chi connectivity index (χ4n) is 5.27. The summed E-state index contributed by atoms with van der Waals surface area (Å²) in [6, 6.07) is 25.3. The highest BCUT2D eigenvalue weighted by Gasteiger charge is 2.31. The van der Waals surface area contributed by atoms with Gasteiger partial charge in [0.15, 0.2) is 0 Å². The van der Waals surface area contributed by atoms with E-state index >= 15 is 0 Å². The van der Waals surface area contributed by atoms with E-state index in [1.54, 1.807) is 18.2 Å². The van der Waals surface area contributed by atoms with Gasteiger partial charge in [-0.2, -0.15) is 18.4 Å². The minimum atomic E-state index is -4.35. The molecule has 0 spiro atoms. The maximum atomic E-state index is 12.9. The van der Waals surface area contributed by atoms with Gasteiger partial charge >= 0.3 is 6.18 Å². The van der Waals surface area contributed by atoms with Crippen LogP contribution in [0.5, 0.6) is 0 Å². The van der Waals surface area contributed by atoms with Crippen molar-refractivity contribution >= 4 is 11.6 Å². The number of halogens is 3. The quantitative estimate of drug-likeness (QED) is 0.393. The molecular formula is C33H38F3N5O. The van der Waals surface area contributed by atoms with Crippen molar-refractivity contribution in [2.45, 2.75) is 51.0 Å². The summed E-state index contributed by atoms with van der Waals surface area (Å²) in [6.07, 6.45) is -2.56. The molecule has 2 saturated heterocycles. The zero-order valence-corrected chi connectivity index (χ0v) is 23.9. The van der Waals surface area contributed by atoms with Crippen molar-refractivity contribution in [2.75, 3.05) is 38.0 Å². The molecule has 1 amide bonds. The van der Waals surface area contributed by atoms with Crippen LogP contribution in [0.4, 0.5) is 18.9 Å². The number of nitrogens with zero attached hydrogens (tertiary/aromatic N) is 3. The van der Waals surface area contributed by atoms with Gasteiger partial charge in [0.1, 0.15) is 0 Å². The van der Waals surface area contributed by atoms with Gasteiger partial charge in [-0.25, -0.2) is 0 Å². The Hall–Kier alpha value is -3.87. The summed E-state index contributed by atoms with van der Waals surface area (Å²) < 4.78 is 38.8. The Morgan fingerprint density at radius 2 is 1.67 bits per heavy atom. The van der Waals surface area contributed by atoms with E-state index in [1.807, 2.05) is 41.3 Å². The Kier molecular flexibility index (Phi) is 11.0. The van der Waals surface area contributed by atoms with Gasteiger partial charge in [0.05, 0.1) is 23.6 Å². The van der Waals surface area contributed by atoms with E-state index < -0.39 is 11.7 Å². The monoisotopic (exact) mass is 577 g/mol. The third-order valence-corrected chi connectivity index (χ3v) is 7.55. The van der Waals surface area contributed by atoms with E-state index in [0.29, 0.717) is 49.6 Å². The lowest BCUT2D eigenvalue weighted by Crippen LogP contribution is -2.48. The van der Waals surface area contributed by atoms with Crippen LogP contribution >= 0.6 is 0 Å². The fourth-order valence-corrected chi connectivity index (χ4v) is 5.27. The summed E-state index contributed by atoms with van der Waals surface area (Å²) in [5.74, 6) is 0.0983. The molecule has 2 fully saturated rings. The first kappa shape index (κ1) is 31.1. The number of nitrogens with one attached hydrogen (secondary N) is 2. The molecule has 2 N–H and O–H groups in total. The van der Waals surface area contributed by atoms with Crippen molar-refractivity contribution in [3.8, 4) is 6.07 Å². The number of hydrogen-bond acceptors (Lipinski definition) is 5. The summed E-state index contributed by atoms with van der Waals surface area (Å²) in [6.45, 7) is 7.43. The number of rotatable bonds is 6. The first-order valence-corrected chi connectivity index (χ1v) is 14.4. The van der Waals surface area contributed by atoms with Crippen LogP contribution in [0.3, 0.4) is 0 Å². The minimum Gasteiger partial charge on any atom is -0.382 e. The Morgan fingerprint density at radius 3 is 2.29 bits per heavy atom. The summed E-state index contributed by atoms with van der Waals surface area (Å²) in [5.41, 5.74) is 2.79. The first-order valence-electron chi connectivity index (χ1n) is 14.4. The second-order valence-corrected chi connectivity index (χ2v) is 10.9. The smallest absolute Gasteiger partial charge is 0.382 e. The van der Waals surface area contributed by atoms with Gasteiger partial charge in [-0.3, -0.25) is 9.69 Å². The Labute approximate surface area is 246 Å². The number of likely N-dealkylation sites (tertiary alicyclic amines) is 1. The second kappa shape index (κ2) is 14.9. The van der Waals surface area contributed by atoms with Crippen LogP contribution in [-0.4, -0.2) is 60.5 Å². The summed E-state index contributed by atoms with van der Waals surface area (Å²) in [5, 5.41) is 14.9. The van der Waals surface area contributed by atoms with Crippen molar-refractivity contribution < 1.29 is 18.0 Å². The van der Waals surface area contributed by atoms with Crippen molar-refractivity contribution in [1.82, 2.24) is 15.1 Å². The van der Waals surface area contributed by atoms with Gasteiger partial charge in [0.2, 0.25) is 5.91 Å². The molecule has 2 aliphatic rings. The Morgan fingerprint density at radius 1 is 0.976 bits per heavy atom. The standard InChI is InChI=1S/C26H33F3N4O.C7H5N/c1-19-17-32(14-11-30-19)18-21-7-5-20(6-8-21)15-25(34)33-12-9-23(10-13-33)31-24-4-2-3-22(16-24)26(27,28)29;8-6-7-4-2-1-3-5-7/h2-8,16,19,23,30-31H,9-15,17-18H2,1H3;1-5H/t19-;/m1./s1. The van der Waals surface area contributed by atoms with Gasteiger partial charge in [-0.1, -0.05) is 48.5 Å².